The molecule has 0 bridgehead atoms. The second-order valence-corrected chi connectivity index (χ2v) is 6.53. The molecule has 2 saturated heterocycles. The zero-order valence-electron chi connectivity index (χ0n) is 12.0. The standard InChI is InChI=1S/C15H23ClN4O/c16-13-3-1-11(2-4-13)14-12(8-19-20-14)7-18-10-15(21)5-6-17-9-15/h1-4,12,14,17-21H,5-10H2. The fourth-order valence-corrected chi connectivity index (χ4v) is 3.25. The van der Waals surface area contributed by atoms with Crippen molar-refractivity contribution in [2.45, 2.75) is 18.1 Å². The van der Waals surface area contributed by atoms with Crippen LogP contribution in [0.3, 0.4) is 0 Å². The Labute approximate surface area is 130 Å². The van der Waals surface area contributed by atoms with Gasteiger partial charge in [0, 0.05) is 37.1 Å². The zero-order valence-corrected chi connectivity index (χ0v) is 12.8. The minimum atomic E-state index is -0.588. The minimum Gasteiger partial charge on any atom is -0.387 e. The normalized spacial score (nSPS) is 32.7. The third-order valence-electron chi connectivity index (χ3n) is 4.40. The molecule has 2 aliphatic heterocycles. The van der Waals surface area contributed by atoms with Crippen LogP contribution in [-0.2, 0) is 0 Å². The van der Waals surface area contributed by atoms with Crippen molar-refractivity contribution < 1.29 is 5.11 Å². The minimum absolute atomic E-state index is 0.270. The number of rotatable bonds is 5. The van der Waals surface area contributed by atoms with E-state index >= 15 is 0 Å². The van der Waals surface area contributed by atoms with Gasteiger partial charge in [0.15, 0.2) is 0 Å². The van der Waals surface area contributed by atoms with E-state index in [1.54, 1.807) is 0 Å². The Morgan fingerprint density at radius 3 is 2.86 bits per heavy atom. The molecule has 0 saturated carbocycles. The van der Waals surface area contributed by atoms with Crippen LogP contribution >= 0.6 is 11.6 Å². The van der Waals surface area contributed by atoms with E-state index < -0.39 is 5.60 Å². The summed E-state index contributed by atoms with van der Waals surface area (Å²) in [5.41, 5.74) is 7.19. The van der Waals surface area contributed by atoms with Crippen LogP contribution < -0.4 is 21.5 Å². The van der Waals surface area contributed by atoms with Crippen LogP contribution in [0.25, 0.3) is 0 Å². The van der Waals surface area contributed by atoms with E-state index in [9.17, 15) is 5.11 Å². The highest BCUT2D eigenvalue weighted by atomic mass is 35.5. The van der Waals surface area contributed by atoms with E-state index in [-0.39, 0.29) is 6.04 Å². The average Bonchev–Trinajstić information content (AvgIpc) is 3.10. The summed E-state index contributed by atoms with van der Waals surface area (Å²) < 4.78 is 0. The second kappa shape index (κ2) is 6.60. The number of hydrogen-bond donors (Lipinski definition) is 5. The summed E-state index contributed by atoms with van der Waals surface area (Å²) in [7, 11) is 0. The highest BCUT2D eigenvalue weighted by molar-refractivity contribution is 6.30. The molecule has 6 heteroatoms. The van der Waals surface area contributed by atoms with Gasteiger partial charge >= 0.3 is 0 Å². The van der Waals surface area contributed by atoms with Crippen molar-refractivity contribution in [2.24, 2.45) is 5.92 Å². The maximum absolute atomic E-state index is 10.3. The molecule has 3 atom stereocenters. The Hall–Kier alpha value is -0.690. The Morgan fingerprint density at radius 1 is 1.33 bits per heavy atom. The van der Waals surface area contributed by atoms with Crippen LogP contribution in [0.5, 0.6) is 0 Å². The van der Waals surface area contributed by atoms with E-state index in [0.717, 1.165) is 31.1 Å². The first-order chi connectivity index (χ1) is 10.2. The van der Waals surface area contributed by atoms with Crippen molar-refractivity contribution in [3.05, 3.63) is 34.9 Å². The molecule has 5 N–H and O–H groups in total. The molecule has 3 rings (SSSR count). The molecule has 0 amide bonds. The van der Waals surface area contributed by atoms with Gasteiger partial charge in [0.1, 0.15) is 0 Å². The predicted octanol–water partition coefficient (Wildman–Crippen LogP) is 0.419. The van der Waals surface area contributed by atoms with Gasteiger partial charge in [-0.15, -0.1) is 0 Å². The molecule has 0 radical (unpaired) electrons. The quantitative estimate of drug-likeness (QED) is 0.545. The van der Waals surface area contributed by atoms with Crippen LogP contribution in [0.15, 0.2) is 24.3 Å². The van der Waals surface area contributed by atoms with E-state index in [1.807, 2.05) is 12.1 Å². The van der Waals surface area contributed by atoms with Gasteiger partial charge in [-0.25, -0.2) is 5.43 Å². The fourth-order valence-electron chi connectivity index (χ4n) is 3.12. The van der Waals surface area contributed by atoms with Crippen LogP contribution in [0, 0.1) is 5.92 Å². The van der Waals surface area contributed by atoms with Gasteiger partial charge in [-0.05, 0) is 30.7 Å². The number of halogens is 1. The van der Waals surface area contributed by atoms with Crippen LogP contribution in [0.1, 0.15) is 18.0 Å². The van der Waals surface area contributed by atoms with E-state index in [2.05, 4.69) is 33.6 Å². The molecule has 2 fully saturated rings. The number of β-amino-alcohol motifs (C(OH)–C–C–N with tert-alkyl or cyclic N) is 1. The highest BCUT2D eigenvalue weighted by Crippen LogP contribution is 2.25. The molecule has 116 valence electrons. The maximum atomic E-state index is 10.3. The maximum Gasteiger partial charge on any atom is 0.0907 e. The Morgan fingerprint density at radius 2 is 2.14 bits per heavy atom. The molecule has 5 nitrogen and oxygen atoms in total. The topological polar surface area (TPSA) is 68.3 Å². The monoisotopic (exact) mass is 310 g/mol. The van der Waals surface area contributed by atoms with Gasteiger partial charge in [0.05, 0.1) is 11.6 Å². The molecule has 3 unspecified atom stereocenters. The first-order valence-corrected chi connectivity index (χ1v) is 7.92. The Kier molecular flexibility index (Phi) is 4.78. The molecule has 0 aliphatic carbocycles. The SMILES string of the molecule is OC1(CNCC2CNNC2c2ccc(Cl)cc2)CCNC1. The van der Waals surface area contributed by atoms with Gasteiger partial charge in [-0.1, -0.05) is 23.7 Å². The summed E-state index contributed by atoms with van der Waals surface area (Å²) in [6.45, 7) is 4.01. The fraction of sp³-hybridized carbons (Fsp3) is 0.600. The van der Waals surface area contributed by atoms with Crippen molar-refractivity contribution in [1.82, 2.24) is 21.5 Å². The summed E-state index contributed by atoms with van der Waals surface area (Å²) in [4.78, 5) is 0. The predicted molar refractivity (Wildman–Crippen MR) is 84.1 cm³/mol. The van der Waals surface area contributed by atoms with Gasteiger partial charge in [-0.3, -0.25) is 5.43 Å². The van der Waals surface area contributed by atoms with Gasteiger partial charge in [0.2, 0.25) is 0 Å². The largest absolute Gasteiger partial charge is 0.387 e. The molecular weight excluding hydrogens is 288 g/mol. The lowest BCUT2D eigenvalue weighted by molar-refractivity contribution is 0.0602. The average molecular weight is 311 g/mol. The van der Waals surface area contributed by atoms with Crippen molar-refractivity contribution in [3.63, 3.8) is 0 Å². The lowest BCUT2D eigenvalue weighted by Gasteiger charge is -2.24. The van der Waals surface area contributed by atoms with Crippen molar-refractivity contribution in [2.75, 3.05) is 32.7 Å². The van der Waals surface area contributed by atoms with E-state index in [1.165, 1.54) is 5.56 Å². The third kappa shape index (κ3) is 3.74. The van der Waals surface area contributed by atoms with Gasteiger partial charge in [0.25, 0.3) is 0 Å². The summed E-state index contributed by atoms with van der Waals surface area (Å²) in [5.74, 6) is 0.448. The number of hydrazine groups is 1. The first kappa shape index (κ1) is 15.2. The molecule has 1 aromatic rings. The molecule has 1 aromatic carbocycles. The van der Waals surface area contributed by atoms with Gasteiger partial charge in [-0.2, -0.15) is 0 Å². The summed E-state index contributed by atoms with van der Waals surface area (Å²) >= 11 is 5.94. The number of nitrogens with one attached hydrogen (secondary N) is 4. The number of aliphatic hydroxyl groups is 1. The van der Waals surface area contributed by atoms with E-state index in [0.29, 0.717) is 19.0 Å². The van der Waals surface area contributed by atoms with Crippen molar-refractivity contribution in [1.29, 1.82) is 0 Å². The summed E-state index contributed by atoms with van der Waals surface area (Å²) in [5, 5.41) is 17.7. The van der Waals surface area contributed by atoms with Crippen molar-refractivity contribution in [3.8, 4) is 0 Å². The molecule has 2 aliphatic rings. The lowest BCUT2D eigenvalue weighted by atomic mass is 9.94. The lowest BCUT2D eigenvalue weighted by Crippen LogP contribution is -2.44. The Bertz CT molecular complexity index is 461. The van der Waals surface area contributed by atoms with E-state index in [4.69, 9.17) is 11.6 Å². The molecule has 21 heavy (non-hydrogen) atoms. The summed E-state index contributed by atoms with van der Waals surface area (Å²) in [6.07, 6.45) is 0.821. The third-order valence-corrected chi connectivity index (χ3v) is 4.66. The first-order valence-electron chi connectivity index (χ1n) is 7.54. The Balaban J connectivity index is 1.53. The highest BCUT2D eigenvalue weighted by Gasteiger charge is 2.32. The number of benzene rings is 1. The smallest absolute Gasteiger partial charge is 0.0907 e. The molecule has 0 spiro atoms. The van der Waals surface area contributed by atoms with Crippen LogP contribution in [0.2, 0.25) is 5.02 Å². The van der Waals surface area contributed by atoms with Crippen LogP contribution in [-0.4, -0.2) is 43.4 Å². The van der Waals surface area contributed by atoms with Crippen molar-refractivity contribution >= 4 is 11.6 Å². The molecule has 2 heterocycles. The van der Waals surface area contributed by atoms with Gasteiger partial charge < -0.3 is 15.7 Å². The zero-order chi connectivity index (χ0) is 14.7. The summed E-state index contributed by atoms with van der Waals surface area (Å²) in [6, 6.07) is 8.25. The second-order valence-electron chi connectivity index (χ2n) is 6.10. The molecule has 0 aromatic heterocycles. The number of hydrogen-bond acceptors (Lipinski definition) is 5. The van der Waals surface area contributed by atoms with Crippen LogP contribution in [0.4, 0.5) is 0 Å². The molecular formula is C15H23ClN4O.